The van der Waals surface area contributed by atoms with Gasteiger partial charge in [-0.15, -0.1) is 0 Å². The smallest absolute Gasteiger partial charge is 0.269 e. The highest BCUT2D eigenvalue weighted by Gasteiger charge is 2.41. The zero-order valence-electron chi connectivity index (χ0n) is 14.8. The van der Waals surface area contributed by atoms with Crippen LogP contribution in [-0.4, -0.2) is 20.6 Å². The minimum Gasteiger partial charge on any atom is -0.464 e. The third kappa shape index (κ3) is 2.68. The van der Waals surface area contributed by atoms with Gasteiger partial charge in [0.25, 0.3) is 5.69 Å². The first-order valence-corrected chi connectivity index (χ1v) is 8.97. The number of hydrogen-bond acceptors (Lipinski definition) is 6. The van der Waals surface area contributed by atoms with E-state index < -0.39 is 11.2 Å². The molecule has 138 valence electrons. The molecule has 0 bridgehead atoms. The molecule has 28 heavy (non-hydrogen) atoms. The number of nitrogens with zero attached hydrogens (tertiary/aromatic N) is 4. The lowest BCUT2D eigenvalue weighted by Crippen LogP contribution is -2.33. The fourth-order valence-corrected chi connectivity index (χ4v) is 3.75. The number of rotatable bonds is 3. The Morgan fingerprint density at radius 1 is 1.11 bits per heavy atom. The molecule has 0 spiro atoms. The highest BCUT2D eigenvalue weighted by molar-refractivity contribution is 6.01. The molecule has 0 N–H and O–H groups in total. The SMILES string of the molecule is O=[N+]([O-])c1cccc([C@H]2Oc3ccccc3[C@H]3CC(c4cccnc4)=NN32)c1. The van der Waals surface area contributed by atoms with E-state index in [9.17, 15) is 10.1 Å². The van der Waals surface area contributed by atoms with Gasteiger partial charge in [0, 0.05) is 47.6 Å². The largest absolute Gasteiger partial charge is 0.464 e. The summed E-state index contributed by atoms with van der Waals surface area (Å²) in [4.78, 5) is 15.0. The summed E-state index contributed by atoms with van der Waals surface area (Å²) in [7, 11) is 0. The van der Waals surface area contributed by atoms with E-state index >= 15 is 0 Å². The molecule has 1 aromatic heterocycles. The summed E-state index contributed by atoms with van der Waals surface area (Å²) in [5, 5.41) is 17.9. The van der Waals surface area contributed by atoms with Crippen LogP contribution in [0.4, 0.5) is 5.69 Å². The van der Waals surface area contributed by atoms with E-state index in [0.29, 0.717) is 5.56 Å². The lowest BCUT2D eigenvalue weighted by molar-refractivity contribution is -0.385. The number of nitro groups is 1. The van der Waals surface area contributed by atoms with Gasteiger partial charge in [0.2, 0.25) is 6.23 Å². The van der Waals surface area contributed by atoms with E-state index in [0.717, 1.165) is 29.0 Å². The molecule has 5 rings (SSSR count). The number of non-ortho nitro benzene ring substituents is 1. The van der Waals surface area contributed by atoms with Gasteiger partial charge in [0.05, 0.1) is 16.7 Å². The third-order valence-electron chi connectivity index (χ3n) is 5.06. The van der Waals surface area contributed by atoms with Crippen molar-refractivity contribution in [1.82, 2.24) is 9.99 Å². The molecule has 0 fully saturated rings. The second kappa shape index (κ2) is 6.45. The molecule has 0 unspecified atom stereocenters. The van der Waals surface area contributed by atoms with Crippen LogP contribution in [0.3, 0.4) is 0 Å². The van der Waals surface area contributed by atoms with Crippen LogP contribution >= 0.6 is 0 Å². The number of aromatic nitrogens is 1. The van der Waals surface area contributed by atoms with Crippen LogP contribution in [0.2, 0.25) is 0 Å². The summed E-state index contributed by atoms with van der Waals surface area (Å²) in [5.41, 5.74) is 3.69. The topological polar surface area (TPSA) is 80.9 Å². The van der Waals surface area contributed by atoms with Crippen LogP contribution in [0.5, 0.6) is 5.75 Å². The van der Waals surface area contributed by atoms with Gasteiger partial charge in [-0.25, -0.2) is 5.01 Å². The second-order valence-electron chi connectivity index (χ2n) is 6.75. The van der Waals surface area contributed by atoms with Crippen molar-refractivity contribution >= 4 is 11.4 Å². The second-order valence-corrected chi connectivity index (χ2v) is 6.75. The van der Waals surface area contributed by atoms with Gasteiger partial charge in [-0.1, -0.05) is 36.4 Å². The Hall–Kier alpha value is -3.74. The maximum atomic E-state index is 11.2. The minimum absolute atomic E-state index is 0.00409. The summed E-state index contributed by atoms with van der Waals surface area (Å²) in [6, 6.07) is 18.3. The molecule has 7 nitrogen and oxygen atoms in total. The normalized spacial score (nSPS) is 20.0. The van der Waals surface area contributed by atoms with Crippen LogP contribution < -0.4 is 4.74 Å². The van der Waals surface area contributed by atoms with Crippen molar-refractivity contribution in [3.8, 4) is 5.75 Å². The standard InChI is InChI=1S/C21H16N4O3/c26-25(27)16-7-3-5-14(11-16)21-24-19(17-8-1-2-9-20(17)28-21)12-18(23-24)15-6-4-10-22-13-15/h1-11,13,19,21H,12H2/t19-,21-/m1/s1. The molecular weight excluding hydrogens is 356 g/mol. The van der Waals surface area contributed by atoms with E-state index in [2.05, 4.69) is 4.98 Å². The van der Waals surface area contributed by atoms with E-state index in [-0.39, 0.29) is 11.7 Å². The summed E-state index contributed by atoms with van der Waals surface area (Å²) in [6.07, 6.45) is 3.72. The van der Waals surface area contributed by atoms with Gasteiger partial charge in [0.1, 0.15) is 5.75 Å². The first-order chi connectivity index (χ1) is 13.7. The summed E-state index contributed by atoms with van der Waals surface area (Å²) >= 11 is 0. The Labute approximate surface area is 161 Å². The molecule has 2 aliphatic rings. The molecule has 7 heteroatoms. The van der Waals surface area contributed by atoms with Crippen molar-refractivity contribution in [3.05, 3.63) is 99.9 Å². The Morgan fingerprint density at radius 3 is 2.82 bits per heavy atom. The van der Waals surface area contributed by atoms with Gasteiger partial charge < -0.3 is 4.74 Å². The average molecular weight is 372 g/mol. The van der Waals surface area contributed by atoms with E-state index in [1.165, 1.54) is 6.07 Å². The molecule has 0 radical (unpaired) electrons. The van der Waals surface area contributed by atoms with Crippen LogP contribution in [0.25, 0.3) is 0 Å². The van der Waals surface area contributed by atoms with Crippen molar-refractivity contribution in [1.29, 1.82) is 0 Å². The van der Waals surface area contributed by atoms with Gasteiger partial charge >= 0.3 is 0 Å². The van der Waals surface area contributed by atoms with Crippen LogP contribution in [0.15, 0.2) is 78.2 Å². The van der Waals surface area contributed by atoms with E-state index in [1.54, 1.807) is 24.5 Å². The molecule has 2 aliphatic heterocycles. The van der Waals surface area contributed by atoms with Gasteiger partial charge in [-0.2, -0.15) is 5.10 Å². The molecule has 2 atom stereocenters. The zero-order valence-corrected chi connectivity index (χ0v) is 14.8. The minimum atomic E-state index is -0.533. The van der Waals surface area contributed by atoms with Crippen molar-refractivity contribution in [3.63, 3.8) is 0 Å². The Bertz CT molecular complexity index is 1080. The van der Waals surface area contributed by atoms with E-state index in [1.807, 2.05) is 47.5 Å². The predicted octanol–water partition coefficient (Wildman–Crippen LogP) is 4.23. The monoisotopic (exact) mass is 372 g/mol. The summed E-state index contributed by atoms with van der Waals surface area (Å²) in [6.45, 7) is 0. The highest BCUT2D eigenvalue weighted by Crippen LogP contribution is 2.47. The predicted molar refractivity (Wildman–Crippen MR) is 103 cm³/mol. The quantitative estimate of drug-likeness (QED) is 0.508. The maximum Gasteiger partial charge on any atom is 0.269 e. The van der Waals surface area contributed by atoms with Gasteiger partial charge in [0.15, 0.2) is 0 Å². The molecule has 3 aromatic rings. The molecule has 2 aromatic carbocycles. The fraction of sp³-hybridized carbons (Fsp3) is 0.143. The number of benzene rings is 2. The number of hydrogen-bond donors (Lipinski definition) is 0. The number of hydrazone groups is 1. The summed E-state index contributed by atoms with van der Waals surface area (Å²) in [5.74, 6) is 0.780. The van der Waals surface area contributed by atoms with Crippen molar-refractivity contribution in [2.45, 2.75) is 18.7 Å². The molecule has 0 aliphatic carbocycles. The highest BCUT2D eigenvalue weighted by atomic mass is 16.6. The lowest BCUT2D eigenvalue weighted by Gasteiger charge is -2.38. The molecule has 3 heterocycles. The molecule has 0 amide bonds. The fourth-order valence-electron chi connectivity index (χ4n) is 3.75. The van der Waals surface area contributed by atoms with Crippen LogP contribution in [0.1, 0.15) is 35.4 Å². The first-order valence-electron chi connectivity index (χ1n) is 8.97. The summed E-state index contributed by atoms with van der Waals surface area (Å²) < 4.78 is 6.23. The Balaban J connectivity index is 1.60. The van der Waals surface area contributed by atoms with Gasteiger partial charge in [-0.3, -0.25) is 15.1 Å². The Morgan fingerprint density at radius 2 is 2.00 bits per heavy atom. The van der Waals surface area contributed by atoms with Crippen LogP contribution in [-0.2, 0) is 0 Å². The number of ether oxygens (including phenoxy) is 1. The molecular formula is C21H16N4O3. The lowest BCUT2D eigenvalue weighted by atomic mass is 9.96. The first kappa shape index (κ1) is 16.4. The molecule has 0 saturated heterocycles. The average Bonchev–Trinajstić information content (AvgIpc) is 3.20. The maximum absolute atomic E-state index is 11.2. The number of nitro benzene ring substituents is 1. The van der Waals surface area contributed by atoms with Crippen molar-refractivity contribution < 1.29 is 9.66 Å². The number of para-hydroxylation sites is 1. The number of fused-ring (bicyclic) bond motifs is 3. The third-order valence-corrected chi connectivity index (χ3v) is 5.06. The zero-order chi connectivity index (χ0) is 19.1. The molecule has 0 saturated carbocycles. The van der Waals surface area contributed by atoms with Gasteiger partial charge in [-0.05, 0) is 12.1 Å². The van der Waals surface area contributed by atoms with Crippen molar-refractivity contribution in [2.24, 2.45) is 5.10 Å². The Kier molecular flexibility index (Phi) is 3.79. The van der Waals surface area contributed by atoms with Crippen molar-refractivity contribution in [2.75, 3.05) is 0 Å². The number of pyridine rings is 1. The van der Waals surface area contributed by atoms with Crippen LogP contribution in [0, 0.1) is 10.1 Å². The van der Waals surface area contributed by atoms with E-state index in [4.69, 9.17) is 9.84 Å².